The third-order valence-corrected chi connectivity index (χ3v) is 3.15. The Morgan fingerprint density at radius 2 is 2.50 bits per heavy atom. The summed E-state index contributed by atoms with van der Waals surface area (Å²) in [6.07, 6.45) is 7.61. The van der Waals surface area contributed by atoms with Crippen molar-refractivity contribution in [2.45, 2.75) is 25.3 Å². The molecule has 3 N–H and O–H groups in total. The zero-order valence-corrected chi connectivity index (χ0v) is 9.19. The van der Waals surface area contributed by atoms with Crippen LogP contribution in [-0.2, 0) is 6.42 Å². The van der Waals surface area contributed by atoms with E-state index in [1.165, 1.54) is 12.8 Å². The van der Waals surface area contributed by atoms with Gasteiger partial charge in [-0.15, -0.1) is 0 Å². The van der Waals surface area contributed by atoms with E-state index >= 15 is 0 Å². The molecule has 1 atom stereocenters. The van der Waals surface area contributed by atoms with Crippen LogP contribution in [0.25, 0.3) is 5.65 Å². The molecule has 1 fully saturated rings. The van der Waals surface area contributed by atoms with Gasteiger partial charge in [-0.1, -0.05) is 0 Å². The average molecular weight is 216 g/mol. The molecule has 16 heavy (non-hydrogen) atoms. The van der Waals surface area contributed by atoms with E-state index in [0.29, 0.717) is 6.04 Å². The number of nitrogens with one attached hydrogen (secondary N) is 1. The third kappa shape index (κ3) is 1.76. The Morgan fingerprint density at radius 1 is 1.56 bits per heavy atom. The number of nitrogens with two attached hydrogens (primary N) is 1. The molecule has 0 radical (unpaired) electrons. The number of aromatic nitrogens is 2. The van der Waals surface area contributed by atoms with E-state index in [0.717, 1.165) is 30.0 Å². The van der Waals surface area contributed by atoms with Crippen LogP contribution in [0.4, 0.5) is 5.69 Å². The minimum absolute atomic E-state index is 0.599. The highest BCUT2D eigenvalue weighted by Crippen LogP contribution is 2.14. The predicted molar refractivity (Wildman–Crippen MR) is 64.3 cm³/mol. The lowest BCUT2D eigenvalue weighted by atomic mass is 10.1. The van der Waals surface area contributed by atoms with Crippen molar-refractivity contribution in [3.8, 4) is 0 Å². The largest absolute Gasteiger partial charge is 0.399 e. The van der Waals surface area contributed by atoms with Crippen LogP contribution in [0.15, 0.2) is 24.5 Å². The number of nitrogen functional groups attached to an aromatic ring is 1. The minimum Gasteiger partial charge on any atom is -0.399 e. The average Bonchev–Trinajstić information content (AvgIpc) is 2.86. The lowest BCUT2D eigenvalue weighted by molar-refractivity contribution is 0.597. The summed E-state index contributed by atoms with van der Waals surface area (Å²) in [7, 11) is 0. The first-order chi connectivity index (χ1) is 7.81. The molecule has 0 bridgehead atoms. The molecule has 0 aromatic carbocycles. The van der Waals surface area contributed by atoms with Crippen molar-refractivity contribution in [1.82, 2.24) is 14.7 Å². The van der Waals surface area contributed by atoms with Gasteiger partial charge in [-0.3, -0.25) is 0 Å². The third-order valence-electron chi connectivity index (χ3n) is 3.15. The number of anilines is 1. The Bertz CT molecular complexity index is 497. The molecular formula is C12H16N4. The predicted octanol–water partition coefficient (Wildman–Crippen LogP) is 1.21. The summed E-state index contributed by atoms with van der Waals surface area (Å²) in [5, 5.41) is 3.49. The van der Waals surface area contributed by atoms with Gasteiger partial charge in [0.25, 0.3) is 0 Å². The first-order valence-corrected chi connectivity index (χ1v) is 5.78. The molecule has 4 nitrogen and oxygen atoms in total. The van der Waals surface area contributed by atoms with Gasteiger partial charge in [-0.2, -0.15) is 0 Å². The van der Waals surface area contributed by atoms with Crippen molar-refractivity contribution in [3.63, 3.8) is 0 Å². The second-order valence-corrected chi connectivity index (χ2v) is 4.46. The Morgan fingerprint density at radius 3 is 3.31 bits per heavy atom. The van der Waals surface area contributed by atoms with Crippen LogP contribution in [0.2, 0.25) is 0 Å². The van der Waals surface area contributed by atoms with E-state index in [1.807, 2.05) is 22.7 Å². The molecule has 0 spiro atoms. The maximum absolute atomic E-state index is 5.73. The summed E-state index contributed by atoms with van der Waals surface area (Å²) in [5.74, 6) is 0. The summed E-state index contributed by atoms with van der Waals surface area (Å²) in [6, 6.07) is 4.40. The normalized spacial score (nSPS) is 20.6. The highest BCUT2D eigenvalue weighted by atomic mass is 15.0. The molecule has 0 amide bonds. The van der Waals surface area contributed by atoms with E-state index in [9.17, 15) is 0 Å². The molecule has 1 aliphatic rings. The number of hydrogen-bond acceptors (Lipinski definition) is 3. The molecule has 2 aromatic rings. The molecule has 3 rings (SSSR count). The summed E-state index contributed by atoms with van der Waals surface area (Å²) >= 11 is 0. The van der Waals surface area contributed by atoms with E-state index in [-0.39, 0.29) is 0 Å². The quantitative estimate of drug-likeness (QED) is 0.793. The maximum atomic E-state index is 5.73. The number of nitrogens with zero attached hydrogens (tertiary/aromatic N) is 2. The standard InChI is InChI=1S/C12H16N4/c13-9-3-5-16-8-11(15-12(16)6-9)7-10-2-1-4-14-10/h3,5-6,8,10,14H,1-2,4,7,13H2. The summed E-state index contributed by atoms with van der Waals surface area (Å²) in [6.45, 7) is 1.14. The molecule has 1 unspecified atom stereocenters. The van der Waals surface area contributed by atoms with Gasteiger partial charge < -0.3 is 15.5 Å². The lowest BCUT2D eigenvalue weighted by Gasteiger charge is -2.06. The molecule has 4 heteroatoms. The van der Waals surface area contributed by atoms with E-state index in [1.54, 1.807) is 0 Å². The molecule has 0 aliphatic carbocycles. The van der Waals surface area contributed by atoms with Crippen molar-refractivity contribution in [2.24, 2.45) is 0 Å². The van der Waals surface area contributed by atoms with Gasteiger partial charge in [-0.05, 0) is 25.5 Å². The number of fused-ring (bicyclic) bond motifs is 1. The van der Waals surface area contributed by atoms with Crippen molar-refractivity contribution < 1.29 is 0 Å². The Labute approximate surface area is 94.5 Å². The summed E-state index contributed by atoms with van der Waals surface area (Å²) < 4.78 is 2.03. The van der Waals surface area contributed by atoms with Crippen molar-refractivity contribution in [1.29, 1.82) is 0 Å². The van der Waals surface area contributed by atoms with E-state index in [2.05, 4.69) is 16.5 Å². The number of rotatable bonds is 2. The number of hydrogen-bond donors (Lipinski definition) is 2. The van der Waals surface area contributed by atoms with Crippen LogP contribution in [-0.4, -0.2) is 22.0 Å². The first-order valence-electron chi connectivity index (χ1n) is 5.78. The van der Waals surface area contributed by atoms with Gasteiger partial charge in [0.2, 0.25) is 0 Å². The van der Waals surface area contributed by atoms with Gasteiger partial charge in [-0.25, -0.2) is 4.98 Å². The zero-order valence-electron chi connectivity index (χ0n) is 9.19. The van der Waals surface area contributed by atoms with Crippen LogP contribution in [0.3, 0.4) is 0 Å². The van der Waals surface area contributed by atoms with Crippen molar-refractivity contribution in [3.05, 3.63) is 30.2 Å². The van der Waals surface area contributed by atoms with Gasteiger partial charge in [0.1, 0.15) is 5.65 Å². The SMILES string of the molecule is Nc1ccn2cc(CC3CCCN3)nc2c1. The van der Waals surface area contributed by atoms with Crippen LogP contribution >= 0.6 is 0 Å². The Balaban J connectivity index is 1.86. The highest BCUT2D eigenvalue weighted by Gasteiger charge is 2.15. The number of pyridine rings is 1. The van der Waals surface area contributed by atoms with Gasteiger partial charge in [0, 0.05) is 36.6 Å². The molecular weight excluding hydrogens is 200 g/mol. The minimum atomic E-state index is 0.599. The van der Waals surface area contributed by atoms with Crippen LogP contribution in [0, 0.1) is 0 Å². The van der Waals surface area contributed by atoms with Crippen molar-refractivity contribution in [2.75, 3.05) is 12.3 Å². The Kier molecular flexibility index (Phi) is 2.29. The maximum Gasteiger partial charge on any atom is 0.139 e. The lowest BCUT2D eigenvalue weighted by Crippen LogP contribution is -2.23. The summed E-state index contributed by atoms with van der Waals surface area (Å²) in [5.41, 5.74) is 8.58. The van der Waals surface area contributed by atoms with Gasteiger partial charge >= 0.3 is 0 Å². The Hall–Kier alpha value is -1.55. The zero-order chi connectivity index (χ0) is 11.0. The second kappa shape index (κ2) is 3.79. The van der Waals surface area contributed by atoms with Gasteiger partial charge in [0.15, 0.2) is 0 Å². The molecule has 0 saturated carbocycles. The van der Waals surface area contributed by atoms with Gasteiger partial charge in [0.05, 0.1) is 5.69 Å². The fourth-order valence-electron chi connectivity index (χ4n) is 2.33. The molecule has 2 aromatic heterocycles. The fraction of sp³-hybridized carbons (Fsp3) is 0.417. The monoisotopic (exact) mass is 216 g/mol. The smallest absolute Gasteiger partial charge is 0.139 e. The van der Waals surface area contributed by atoms with E-state index in [4.69, 9.17) is 5.73 Å². The summed E-state index contributed by atoms with van der Waals surface area (Å²) in [4.78, 5) is 4.58. The first kappa shape index (κ1) is 9.66. The molecule has 3 heterocycles. The second-order valence-electron chi connectivity index (χ2n) is 4.46. The van der Waals surface area contributed by atoms with Crippen LogP contribution < -0.4 is 11.1 Å². The van der Waals surface area contributed by atoms with E-state index < -0.39 is 0 Å². The topological polar surface area (TPSA) is 55.4 Å². The fourth-order valence-corrected chi connectivity index (χ4v) is 2.33. The molecule has 1 saturated heterocycles. The van der Waals surface area contributed by atoms with Crippen LogP contribution in [0.1, 0.15) is 18.5 Å². The molecule has 84 valence electrons. The van der Waals surface area contributed by atoms with Crippen molar-refractivity contribution >= 4 is 11.3 Å². The molecule has 1 aliphatic heterocycles. The highest BCUT2D eigenvalue weighted by molar-refractivity contribution is 5.52. The van der Waals surface area contributed by atoms with Crippen LogP contribution in [0.5, 0.6) is 0 Å². The number of imidazole rings is 1.